The lowest BCUT2D eigenvalue weighted by Crippen LogP contribution is -2.43. The fraction of sp³-hybridized carbons (Fsp3) is 0.375. The predicted octanol–water partition coefficient (Wildman–Crippen LogP) is 2.71. The van der Waals surface area contributed by atoms with E-state index >= 15 is 0 Å². The van der Waals surface area contributed by atoms with Crippen molar-refractivity contribution in [3.63, 3.8) is 0 Å². The number of benzene rings is 2. The van der Waals surface area contributed by atoms with Crippen LogP contribution >= 0.6 is 0 Å². The topological polar surface area (TPSA) is 77.2 Å². The third-order valence-electron chi connectivity index (χ3n) is 6.54. The van der Waals surface area contributed by atoms with Gasteiger partial charge in [-0.3, -0.25) is 10.00 Å². The highest BCUT2D eigenvalue weighted by molar-refractivity contribution is 5.75. The Morgan fingerprint density at radius 1 is 1.06 bits per heavy atom. The van der Waals surface area contributed by atoms with Crippen molar-refractivity contribution in [2.45, 2.75) is 25.4 Å². The number of amides is 2. The number of aromatic amines is 1. The van der Waals surface area contributed by atoms with Crippen LogP contribution in [0.2, 0.25) is 0 Å². The molecule has 160 valence electrons. The van der Waals surface area contributed by atoms with Gasteiger partial charge in [0.1, 0.15) is 5.82 Å². The molecule has 2 amide bonds. The maximum absolute atomic E-state index is 13.0. The second-order valence-electron chi connectivity index (χ2n) is 8.78. The number of nitrogens with one attached hydrogen (secondary N) is 2. The van der Waals surface area contributed by atoms with E-state index in [9.17, 15) is 4.79 Å². The fourth-order valence-corrected chi connectivity index (χ4v) is 5.05. The minimum Gasteiger partial charge on any atom is -0.334 e. The van der Waals surface area contributed by atoms with Crippen LogP contribution in [0.4, 0.5) is 4.79 Å². The molecule has 5 rings (SSSR count). The lowest BCUT2D eigenvalue weighted by atomic mass is 9.80. The largest absolute Gasteiger partial charge is 0.334 e. The molecule has 0 radical (unpaired) electrons. The molecule has 0 spiro atoms. The van der Waals surface area contributed by atoms with E-state index in [1.54, 1.807) is 0 Å². The molecule has 1 aromatic heterocycles. The molecular weight excluding hydrogens is 388 g/mol. The molecule has 0 unspecified atom stereocenters. The monoisotopic (exact) mass is 416 g/mol. The van der Waals surface area contributed by atoms with Crippen molar-refractivity contribution in [3.8, 4) is 0 Å². The maximum Gasteiger partial charge on any atom is 0.317 e. The first kappa shape index (κ1) is 19.8. The number of aromatic nitrogens is 3. The third-order valence-corrected chi connectivity index (χ3v) is 6.54. The van der Waals surface area contributed by atoms with E-state index in [4.69, 9.17) is 4.98 Å². The number of H-pyrrole nitrogens is 1. The molecule has 0 bridgehead atoms. The fourth-order valence-electron chi connectivity index (χ4n) is 5.05. The van der Waals surface area contributed by atoms with Crippen LogP contribution in [0.25, 0.3) is 0 Å². The standard InChI is InChI=1S/C24H28N6O/c1-18-26-22(28-27-18)24-16-29(13-20-10-6-3-7-11-20)14-21(24)15-30(17-24)23(31)25-12-19-8-4-2-5-9-19/h2-11,21H,12-17H2,1H3,(H,25,31)(H,26,27,28)/t21-,24-/m0/s1. The summed E-state index contributed by atoms with van der Waals surface area (Å²) in [6.45, 7) is 6.52. The molecule has 7 nitrogen and oxygen atoms in total. The van der Waals surface area contributed by atoms with Crippen LogP contribution in [0.1, 0.15) is 22.8 Å². The van der Waals surface area contributed by atoms with E-state index in [1.165, 1.54) is 5.56 Å². The number of likely N-dealkylation sites (tertiary alicyclic amines) is 2. The summed E-state index contributed by atoms with van der Waals surface area (Å²) in [5.41, 5.74) is 2.17. The second-order valence-corrected chi connectivity index (χ2v) is 8.78. The van der Waals surface area contributed by atoms with Crippen LogP contribution in [0.15, 0.2) is 60.7 Å². The summed E-state index contributed by atoms with van der Waals surface area (Å²) < 4.78 is 0. The number of hydrogen-bond acceptors (Lipinski definition) is 4. The average Bonchev–Trinajstić information content (AvgIpc) is 3.46. The van der Waals surface area contributed by atoms with Crippen molar-refractivity contribution >= 4 is 6.03 Å². The normalized spacial score (nSPS) is 23.1. The summed E-state index contributed by atoms with van der Waals surface area (Å²) >= 11 is 0. The van der Waals surface area contributed by atoms with Crippen LogP contribution in [0, 0.1) is 12.8 Å². The molecule has 2 aliphatic rings. The van der Waals surface area contributed by atoms with E-state index in [1.807, 2.05) is 48.2 Å². The van der Waals surface area contributed by atoms with Gasteiger partial charge in [-0.1, -0.05) is 60.7 Å². The summed E-state index contributed by atoms with van der Waals surface area (Å²) in [4.78, 5) is 22.1. The van der Waals surface area contributed by atoms with Crippen molar-refractivity contribution in [3.05, 3.63) is 83.4 Å². The first-order valence-electron chi connectivity index (χ1n) is 10.8. The lowest BCUT2D eigenvalue weighted by Gasteiger charge is -2.27. The highest BCUT2D eigenvalue weighted by Crippen LogP contribution is 2.44. The number of hydrogen-bond donors (Lipinski definition) is 2. The first-order valence-corrected chi connectivity index (χ1v) is 10.8. The predicted molar refractivity (Wildman–Crippen MR) is 118 cm³/mol. The number of aryl methyl sites for hydroxylation is 1. The van der Waals surface area contributed by atoms with Gasteiger partial charge in [0.05, 0.1) is 5.41 Å². The molecule has 2 aromatic carbocycles. The van der Waals surface area contributed by atoms with Gasteiger partial charge in [-0.05, 0) is 18.1 Å². The van der Waals surface area contributed by atoms with E-state index < -0.39 is 0 Å². The molecule has 3 heterocycles. The van der Waals surface area contributed by atoms with Gasteiger partial charge >= 0.3 is 6.03 Å². The number of carbonyl (C=O) groups excluding carboxylic acids is 1. The summed E-state index contributed by atoms with van der Waals surface area (Å²) in [5, 5.41) is 10.6. The van der Waals surface area contributed by atoms with Crippen LogP contribution in [0.3, 0.4) is 0 Å². The van der Waals surface area contributed by atoms with Gasteiger partial charge in [0.2, 0.25) is 0 Å². The number of urea groups is 1. The SMILES string of the molecule is Cc1nc([C@]23CN(Cc4ccccc4)C[C@H]2CN(C(=O)NCc2ccccc2)C3)n[nH]1. The smallest absolute Gasteiger partial charge is 0.317 e. The summed E-state index contributed by atoms with van der Waals surface area (Å²) in [6.07, 6.45) is 0. The minimum absolute atomic E-state index is 0.0144. The van der Waals surface area contributed by atoms with E-state index in [-0.39, 0.29) is 11.4 Å². The molecule has 0 saturated carbocycles. The zero-order chi connectivity index (χ0) is 21.3. The molecule has 2 saturated heterocycles. The number of nitrogens with zero attached hydrogens (tertiary/aromatic N) is 4. The molecule has 2 N–H and O–H groups in total. The van der Waals surface area contributed by atoms with Gasteiger partial charge in [0.25, 0.3) is 0 Å². The van der Waals surface area contributed by atoms with Crippen molar-refractivity contribution in [1.82, 2.24) is 30.3 Å². The Balaban J connectivity index is 1.31. The van der Waals surface area contributed by atoms with Gasteiger partial charge in [-0.15, -0.1) is 0 Å². The molecule has 2 fully saturated rings. The highest BCUT2D eigenvalue weighted by Gasteiger charge is 2.56. The number of fused-ring (bicyclic) bond motifs is 1. The summed E-state index contributed by atoms with van der Waals surface area (Å²) in [6, 6.07) is 20.5. The quantitative estimate of drug-likeness (QED) is 0.671. The lowest BCUT2D eigenvalue weighted by molar-refractivity contribution is 0.196. The first-order chi connectivity index (χ1) is 15.1. The molecule has 31 heavy (non-hydrogen) atoms. The molecule has 2 atom stereocenters. The van der Waals surface area contributed by atoms with Crippen molar-refractivity contribution in [1.29, 1.82) is 0 Å². The Morgan fingerprint density at radius 3 is 2.45 bits per heavy atom. The Morgan fingerprint density at radius 2 is 1.77 bits per heavy atom. The van der Waals surface area contributed by atoms with Gasteiger partial charge in [0.15, 0.2) is 5.82 Å². The highest BCUT2D eigenvalue weighted by atomic mass is 16.2. The zero-order valence-corrected chi connectivity index (χ0v) is 17.8. The zero-order valence-electron chi connectivity index (χ0n) is 17.8. The molecule has 3 aromatic rings. The van der Waals surface area contributed by atoms with Gasteiger partial charge < -0.3 is 10.2 Å². The number of carbonyl (C=O) groups is 1. The van der Waals surface area contributed by atoms with Crippen LogP contribution in [-0.2, 0) is 18.5 Å². The van der Waals surface area contributed by atoms with Crippen LogP contribution in [-0.4, -0.2) is 57.2 Å². The maximum atomic E-state index is 13.0. The second kappa shape index (κ2) is 8.15. The van der Waals surface area contributed by atoms with E-state index in [0.717, 1.165) is 43.4 Å². The summed E-state index contributed by atoms with van der Waals surface area (Å²) in [7, 11) is 0. The Hall–Kier alpha value is -3.19. The van der Waals surface area contributed by atoms with Crippen LogP contribution < -0.4 is 5.32 Å². The van der Waals surface area contributed by atoms with Crippen molar-refractivity contribution < 1.29 is 4.79 Å². The van der Waals surface area contributed by atoms with Crippen molar-refractivity contribution in [2.24, 2.45) is 5.92 Å². The Bertz CT molecular complexity index is 1040. The van der Waals surface area contributed by atoms with Crippen LogP contribution in [0.5, 0.6) is 0 Å². The molecule has 0 aliphatic carbocycles. The van der Waals surface area contributed by atoms with Gasteiger partial charge in [-0.2, -0.15) is 5.10 Å². The number of rotatable bonds is 5. The summed E-state index contributed by atoms with van der Waals surface area (Å²) in [5.74, 6) is 1.97. The Kier molecular flexibility index (Phi) is 5.19. The van der Waals surface area contributed by atoms with Crippen molar-refractivity contribution in [2.75, 3.05) is 26.2 Å². The minimum atomic E-state index is -0.233. The molecule has 7 heteroatoms. The average molecular weight is 417 g/mol. The Labute approximate surface area is 182 Å². The molecular formula is C24H28N6O. The van der Waals surface area contributed by atoms with Gasteiger partial charge in [0, 0.05) is 45.2 Å². The third kappa shape index (κ3) is 3.93. The van der Waals surface area contributed by atoms with Gasteiger partial charge in [-0.25, -0.2) is 9.78 Å². The molecule has 2 aliphatic heterocycles. The van der Waals surface area contributed by atoms with E-state index in [2.05, 4.69) is 44.7 Å². The van der Waals surface area contributed by atoms with E-state index in [0.29, 0.717) is 19.0 Å².